The molecule has 266 valence electrons. The van der Waals surface area contributed by atoms with Gasteiger partial charge in [-0.1, -0.05) is 12.1 Å². The first-order chi connectivity index (χ1) is 24.4. The molecular formula is C37H34F5N5O4. The summed E-state index contributed by atoms with van der Waals surface area (Å²) in [6, 6.07) is 17.1. The van der Waals surface area contributed by atoms with Crippen LogP contribution in [-0.2, 0) is 13.6 Å². The number of nitrogens with one attached hydrogen (secondary N) is 1. The number of carbonyl (C=O) groups is 2. The Bertz CT molecular complexity index is 2050. The number of hydrogen-bond acceptors (Lipinski definition) is 6. The van der Waals surface area contributed by atoms with Crippen LogP contribution in [-0.4, -0.2) is 70.4 Å². The highest BCUT2D eigenvalue weighted by Gasteiger charge is 2.26. The number of hydrogen-bond donors (Lipinski definition) is 1. The van der Waals surface area contributed by atoms with Crippen LogP contribution in [0.3, 0.4) is 0 Å². The van der Waals surface area contributed by atoms with Crippen molar-refractivity contribution in [3.8, 4) is 17.4 Å². The summed E-state index contributed by atoms with van der Waals surface area (Å²) in [4.78, 5) is 34.5. The second kappa shape index (κ2) is 14.8. The van der Waals surface area contributed by atoms with Crippen molar-refractivity contribution in [2.75, 3.05) is 38.1 Å². The van der Waals surface area contributed by atoms with Gasteiger partial charge in [0.15, 0.2) is 11.6 Å². The van der Waals surface area contributed by atoms with Crippen LogP contribution >= 0.6 is 0 Å². The molecule has 0 bridgehead atoms. The molecule has 2 aromatic heterocycles. The van der Waals surface area contributed by atoms with E-state index in [4.69, 9.17) is 9.47 Å². The zero-order valence-electron chi connectivity index (χ0n) is 28.0. The van der Waals surface area contributed by atoms with E-state index in [0.717, 1.165) is 23.4 Å². The minimum absolute atomic E-state index is 0.0955. The smallest absolute Gasteiger partial charge is 0.272 e. The Morgan fingerprint density at radius 3 is 2.24 bits per heavy atom. The van der Waals surface area contributed by atoms with Crippen molar-refractivity contribution in [3.63, 3.8) is 0 Å². The highest BCUT2D eigenvalue weighted by Crippen LogP contribution is 2.29. The highest BCUT2D eigenvalue weighted by atomic mass is 19.3. The van der Waals surface area contributed by atoms with Crippen LogP contribution in [0.2, 0.25) is 0 Å². The summed E-state index contributed by atoms with van der Waals surface area (Å²) in [6.07, 6.45) is -1.26. The van der Waals surface area contributed by atoms with E-state index in [0.29, 0.717) is 49.9 Å². The third-order valence-electron chi connectivity index (χ3n) is 8.82. The maximum Gasteiger partial charge on any atom is 0.272 e. The number of amides is 2. The molecule has 2 amide bonds. The summed E-state index contributed by atoms with van der Waals surface area (Å²) in [5.41, 5.74) is 0.918. The van der Waals surface area contributed by atoms with E-state index in [1.165, 1.54) is 25.3 Å². The zero-order chi connectivity index (χ0) is 36.4. The quantitative estimate of drug-likeness (QED) is 0.122. The predicted molar refractivity (Wildman–Crippen MR) is 180 cm³/mol. The van der Waals surface area contributed by atoms with Gasteiger partial charge in [0.25, 0.3) is 18.2 Å². The molecule has 9 nitrogen and oxygen atoms in total. The molecule has 6 rings (SSSR count). The number of nitrogens with zero attached hydrogens (tertiary/aromatic N) is 4. The van der Waals surface area contributed by atoms with Gasteiger partial charge in [0.05, 0.1) is 23.0 Å². The van der Waals surface area contributed by atoms with Gasteiger partial charge in [0.2, 0.25) is 5.88 Å². The van der Waals surface area contributed by atoms with E-state index >= 15 is 0 Å². The number of aromatic nitrogens is 2. The topological polar surface area (TPSA) is 88.9 Å². The highest BCUT2D eigenvalue weighted by molar-refractivity contribution is 6.05. The van der Waals surface area contributed by atoms with Gasteiger partial charge in [-0.2, -0.15) is 0 Å². The average Bonchev–Trinajstić information content (AvgIpc) is 3.45. The maximum atomic E-state index is 14.5. The number of piperazine rings is 1. The van der Waals surface area contributed by atoms with Crippen molar-refractivity contribution in [2.24, 2.45) is 7.05 Å². The van der Waals surface area contributed by atoms with Crippen LogP contribution in [0.25, 0.3) is 10.9 Å². The fraction of sp³-hybridized carbons (Fsp3) is 0.270. The third kappa shape index (κ3) is 7.65. The van der Waals surface area contributed by atoms with Gasteiger partial charge < -0.3 is 24.3 Å². The summed E-state index contributed by atoms with van der Waals surface area (Å²) < 4.78 is 80.4. The number of halogens is 5. The number of carbonyl (C=O) groups excluding carboxylic acids is 2. The number of pyridine rings is 1. The lowest BCUT2D eigenvalue weighted by molar-refractivity contribution is 0.0619. The molecule has 0 spiro atoms. The molecule has 1 fully saturated rings. The number of aryl methyl sites for hydroxylation is 1. The number of benzene rings is 3. The summed E-state index contributed by atoms with van der Waals surface area (Å²) in [7, 11) is 1.80. The number of fused-ring (bicyclic) bond motifs is 1. The van der Waals surface area contributed by atoms with Crippen molar-refractivity contribution < 1.29 is 41.0 Å². The molecule has 0 saturated carbocycles. The molecule has 1 aliphatic rings. The maximum absolute atomic E-state index is 14.5. The summed E-state index contributed by atoms with van der Waals surface area (Å²) in [5, 5.41) is 3.24. The van der Waals surface area contributed by atoms with E-state index in [9.17, 15) is 31.5 Å². The number of alkyl halides is 2. The van der Waals surface area contributed by atoms with E-state index in [-0.39, 0.29) is 23.0 Å². The largest absolute Gasteiger partial charge is 0.488 e. The molecule has 1 N–H and O–H groups in total. The lowest BCUT2D eigenvalue weighted by atomic mass is 10.0. The average molecular weight is 708 g/mol. The van der Waals surface area contributed by atoms with Gasteiger partial charge in [-0.05, 0) is 55.8 Å². The van der Waals surface area contributed by atoms with E-state index in [1.807, 2.05) is 29.2 Å². The molecule has 3 aromatic carbocycles. The Hall–Kier alpha value is -5.50. The second-order valence-corrected chi connectivity index (χ2v) is 12.2. The van der Waals surface area contributed by atoms with Crippen molar-refractivity contribution in [1.82, 2.24) is 19.4 Å². The molecular weight excluding hydrogens is 673 g/mol. The Balaban J connectivity index is 1.05. The monoisotopic (exact) mass is 707 g/mol. The molecule has 1 saturated heterocycles. The number of rotatable bonds is 10. The minimum atomic E-state index is -2.53. The SMILES string of the molecule is Cc1c(F)c(C)c(C(=O)Nc2ccc(Oc3ccc4cc(C(=O)N5CCN(Cc6ccc(OCC(F)F)cc6)CC5)n(C)c4c3)nc2)c(F)c1F. The first-order valence-electron chi connectivity index (χ1n) is 16.1. The first-order valence-corrected chi connectivity index (χ1v) is 16.1. The van der Waals surface area contributed by atoms with Gasteiger partial charge in [-0.15, -0.1) is 0 Å². The van der Waals surface area contributed by atoms with Gasteiger partial charge in [0, 0.05) is 68.4 Å². The van der Waals surface area contributed by atoms with Crippen LogP contribution < -0.4 is 14.8 Å². The molecule has 0 atom stereocenters. The van der Waals surface area contributed by atoms with Gasteiger partial charge >= 0.3 is 0 Å². The standard InChI is InChI=1S/C37H34F5N5O4/c1-21-32(35(42)34(41)22(2)33(21)40)36(48)44-25-7-11-31(43-18-25)51-27-10-6-24-16-29(45(3)28(24)17-27)37(49)47-14-12-46(13-15-47)19-23-4-8-26(9-5-23)50-20-30(38)39/h4-11,16-18,30H,12-15,19-20H2,1-3H3,(H,44,48). The Morgan fingerprint density at radius 2 is 1.57 bits per heavy atom. The molecule has 14 heteroatoms. The lowest BCUT2D eigenvalue weighted by Crippen LogP contribution is -2.48. The molecule has 51 heavy (non-hydrogen) atoms. The minimum Gasteiger partial charge on any atom is -0.488 e. The Labute approximate surface area is 290 Å². The number of anilines is 1. The summed E-state index contributed by atoms with van der Waals surface area (Å²) in [6.45, 7) is 4.74. The van der Waals surface area contributed by atoms with Crippen LogP contribution in [0.15, 0.2) is 66.9 Å². The van der Waals surface area contributed by atoms with Crippen LogP contribution in [0.4, 0.5) is 27.6 Å². The first kappa shape index (κ1) is 35.3. The van der Waals surface area contributed by atoms with Crippen molar-refractivity contribution >= 4 is 28.4 Å². The molecule has 3 heterocycles. The molecule has 5 aromatic rings. The van der Waals surface area contributed by atoms with Crippen molar-refractivity contribution in [3.05, 3.63) is 112 Å². The van der Waals surface area contributed by atoms with E-state index in [2.05, 4.69) is 15.2 Å². The Kier molecular flexibility index (Phi) is 10.2. The second-order valence-electron chi connectivity index (χ2n) is 12.2. The molecule has 0 unspecified atom stereocenters. The van der Waals surface area contributed by atoms with Gasteiger partial charge in [-0.3, -0.25) is 14.5 Å². The van der Waals surface area contributed by atoms with Crippen molar-refractivity contribution in [1.29, 1.82) is 0 Å². The number of ether oxygens (including phenoxy) is 2. The van der Waals surface area contributed by atoms with Crippen molar-refractivity contribution in [2.45, 2.75) is 26.8 Å². The summed E-state index contributed by atoms with van der Waals surface area (Å²) >= 11 is 0. The molecule has 0 radical (unpaired) electrons. The van der Waals surface area contributed by atoms with Crippen LogP contribution in [0.5, 0.6) is 17.4 Å². The van der Waals surface area contributed by atoms with Crippen LogP contribution in [0.1, 0.15) is 37.5 Å². The van der Waals surface area contributed by atoms with E-state index in [1.54, 1.807) is 35.9 Å². The lowest BCUT2D eigenvalue weighted by Gasteiger charge is -2.34. The normalized spacial score (nSPS) is 13.5. The van der Waals surface area contributed by atoms with Gasteiger partial charge in [-0.25, -0.2) is 26.9 Å². The van der Waals surface area contributed by atoms with Gasteiger partial charge in [0.1, 0.15) is 29.6 Å². The third-order valence-corrected chi connectivity index (χ3v) is 8.82. The fourth-order valence-corrected chi connectivity index (χ4v) is 5.98. The Morgan fingerprint density at radius 1 is 0.863 bits per heavy atom. The predicted octanol–water partition coefficient (Wildman–Crippen LogP) is 7.25. The zero-order valence-corrected chi connectivity index (χ0v) is 28.0. The molecule has 0 aliphatic carbocycles. The van der Waals surface area contributed by atoms with Crippen LogP contribution in [0, 0.1) is 31.3 Å². The fourth-order valence-electron chi connectivity index (χ4n) is 5.98. The summed E-state index contributed by atoms with van der Waals surface area (Å²) in [5.74, 6) is -3.95. The molecule has 1 aliphatic heterocycles. The van der Waals surface area contributed by atoms with E-state index < -0.39 is 47.5 Å².